The fraction of sp³-hybridized carbons (Fsp3) is 0.364. The van der Waals surface area contributed by atoms with Gasteiger partial charge in [-0.1, -0.05) is 12.1 Å². The van der Waals surface area contributed by atoms with Gasteiger partial charge in [0, 0.05) is 13.1 Å². The Bertz CT molecular complexity index is 412. The van der Waals surface area contributed by atoms with Crippen molar-refractivity contribution in [1.29, 1.82) is 0 Å². The molecule has 0 radical (unpaired) electrons. The Labute approximate surface area is 97.2 Å². The van der Waals surface area contributed by atoms with Crippen molar-refractivity contribution in [3.8, 4) is 5.75 Å². The average Bonchev–Trinajstić information content (AvgIpc) is 2.30. The maximum Gasteiger partial charge on any atom is 0.387 e. The molecule has 2 amide bonds. The van der Waals surface area contributed by atoms with Gasteiger partial charge in [0.15, 0.2) is 0 Å². The molecule has 1 aliphatic rings. The molecule has 1 N–H and O–H groups in total. The Kier molecular flexibility index (Phi) is 3.41. The number of rotatable bonds is 3. The number of anilines is 1. The second kappa shape index (κ2) is 4.99. The number of nitrogens with zero attached hydrogens (tertiary/aromatic N) is 1. The molecule has 1 heterocycles. The van der Waals surface area contributed by atoms with Crippen molar-refractivity contribution in [3.63, 3.8) is 0 Å². The first-order valence-electron chi connectivity index (χ1n) is 5.27. The maximum atomic E-state index is 12.2. The normalized spacial score (nSPS) is 15.9. The van der Waals surface area contributed by atoms with Crippen molar-refractivity contribution in [2.75, 3.05) is 18.0 Å². The predicted octanol–water partition coefficient (Wildman–Crippen LogP) is 2.21. The Morgan fingerprint density at radius 3 is 2.82 bits per heavy atom. The summed E-state index contributed by atoms with van der Waals surface area (Å²) in [7, 11) is 0. The monoisotopic (exact) mass is 242 g/mol. The molecule has 0 spiro atoms. The Balaban J connectivity index is 2.26. The van der Waals surface area contributed by atoms with Gasteiger partial charge >= 0.3 is 12.6 Å². The Morgan fingerprint density at radius 2 is 2.12 bits per heavy atom. The lowest BCUT2D eigenvalue weighted by Gasteiger charge is -2.28. The maximum absolute atomic E-state index is 12.2. The minimum atomic E-state index is -2.90. The molecule has 0 unspecified atom stereocenters. The van der Waals surface area contributed by atoms with Crippen LogP contribution >= 0.6 is 0 Å². The molecular weight excluding hydrogens is 230 g/mol. The molecule has 4 nitrogen and oxygen atoms in total. The smallest absolute Gasteiger partial charge is 0.387 e. The number of halogens is 2. The van der Waals surface area contributed by atoms with Gasteiger partial charge in [-0.15, -0.1) is 0 Å². The summed E-state index contributed by atoms with van der Waals surface area (Å²) in [4.78, 5) is 13.0. The van der Waals surface area contributed by atoms with Crippen molar-refractivity contribution >= 4 is 11.7 Å². The number of ether oxygens (including phenoxy) is 1. The van der Waals surface area contributed by atoms with Crippen molar-refractivity contribution in [2.24, 2.45) is 0 Å². The van der Waals surface area contributed by atoms with E-state index in [1.807, 2.05) is 0 Å². The van der Waals surface area contributed by atoms with Crippen LogP contribution in [0, 0.1) is 0 Å². The third-order valence-corrected chi connectivity index (χ3v) is 2.45. The molecule has 0 saturated carbocycles. The number of para-hydroxylation sites is 2. The first-order valence-corrected chi connectivity index (χ1v) is 5.27. The lowest BCUT2D eigenvalue weighted by molar-refractivity contribution is -0.0495. The van der Waals surface area contributed by atoms with Crippen LogP contribution in [0.5, 0.6) is 5.75 Å². The van der Waals surface area contributed by atoms with Crippen LogP contribution in [-0.2, 0) is 0 Å². The van der Waals surface area contributed by atoms with Gasteiger partial charge in [-0.2, -0.15) is 8.78 Å². The van der Waals surface area contributed by atoms with Gasteiger partial charge in [0.25, 0.3) is 0 Å². The zero-order valence-corrected chi connectivity index (χ0v) is 9.03. The van der Waals surface area contributed by atoms with Crippen molar-refractivity contribution in [2.45, 2.75) is 13.0 Å². The average molecular weight is 242 g/mol. The number of benzene rings is 1. The summed E-state index contributed by atoms with van der Waals surface area (Å²) in [6.45, 7) is -1.80. The van der Waals surface area contributed by atoms with Crippen LogP contribution in [0.25, 0.3) is 0 Å². The van der Waals surface area contributed by atoms with Gasteiger partial charge in [0.2, 0.25) is 0 Å². The van der Waals surface area contributed by atoms with E-state index in [4.69, 9.17) is 0 Å². The standard InChI is InChI=1S/C11H12F2N2O2/c12-10(13)17-9-5-2-1-4-8(9)15-7-3-6-14-11(15)16/h1-2,4-5,10H,3,6-7H2,(H,14,16). The van der Waals surface area contributed by atoms with E-state index in [2.05, 4.69) is 10.1 Å². The lowest BCUT2D eigenvalue weighted by atomic mass is 10.2. The number of nitrogens with one attached hydrogen (secondary N) is 1. The van der Waals surface area contributed by atoms with Crippen LogP contribution in [0.2, 0.25) is 0 Å². The number of hydrogen-bond donors (Lipinski definition) is 1. The summed E-state index contributed by atoms with van der Waals surface area (Å²) >= 11 is 0. The molecule has 2 rings (SSSR count). The van der Waals surface area contributed by atoms with Gasteiger partial charge in [-0.3, -0.25) is 4.90 Å². The molecule has 92 valence electrons. The van der Waals surface area contributed by atoms with Crippen LogP contribution in [0.3, 0.4) is 0 Å². The fourth-order valence-corrected chi connectivity index (χ4v) is 1.74. The second-order valence-electron chi connectivity index (χ2n) is 3.58. The predicted molar refractivity (Wildman–Crippen MR) is 58.4 cm³/mol. The molecule has 0 bridgehead atoms. The number of hydrogen-bond acceptors (Lipinski definition) is 2. The second-order valence-corrected chi connectivity index (χ2v) is 3.58. The quantitative estimate of drug-likeness (QED) is 0.882. The molecule has 1 saturated heterocycles. The molecule has 17 heavy (non-hydrogen) atoms. The van der Waals surface area contributed by atoms with E-state index in [0.717, 1.165) is 6.42 Å². The van der Waals surface area contributed by atoms with E-state index < -0.39 is 6.61 Å². The number of amides is 2. The molecule has 1 aromatic rings. The Hall–Kier alpha value is -1.85. The molecule has 0 atom stereocenters. The third kappa shape index (κ3) is 2.64. The van der Waals surface area contributed by atoms with Crippen LogP contribution in [0.1, 0.15) is 6.42 Å². The topological polar surface area (TPSA) is 41.6 Å². The highest BCUT2D eigenvalue weighted by Gasteiger charge is 2.22. The van der Waals surface area contributed by atoms with E-state index in [1.165, 1.54) is 11.0 Å². The first kappa shape index (κ1) is 11.6. The van der Waals surface area contributed by atoms with E-state index in [9.17, 15) is 13.6 Å². The van der Waals surface area contributed by atoms with Crippen molar-refractivity contribution in [3.05, 3.63) is 24.3 Å². The highest BCUT2D eigenvalue weighted by atomic mass is 19.3. The van der Waals surface area contributed by atoms with Gasteiger partial charge in [-0.05, 0) is 18.6 Å². The van der Waals surface area contributed by atoms with Crippen LogP contribution in [0.15, 0.2) is 24.3 Å². The zero-order chi connectivity index (χ0) is 12.3. The SMILES string of the molecule is O=C1NCCCN1c1ccccc1OC(F)F. The van der Waals surface area contributed by atoms with Gasteiger partial charge < -0.3 is 10.1 Å². The number of carbonyl (C=O) groups excluding carboxylic acids is 1. The Morgan fingerprint density at radius 1 is 1.35 bits per heavy atom. The molecule has 1 fully saturated rings. The molecule has 1 aliphatic heterocycles. The molecule has 1 aromatic carbocycles. The number of alkyl halides is 2. The minimum absolute atomic E-state index is 0.0135. The van der Waals surface area contributed by atoms with Crippen molar-refractivity contribution in [1.82, 2.24) is 5.32 Å². The van der Waals surface area contributed by atoms with Crippen LogP contribution in [0.4, 0.5) is 19.3 Å². The van der Waals surface area contributed by atoms with E-state index in [1.54, 1.807) is 18.2 Å². The molecule has 0 aromatic heterocycles. The lowest BCUT2D eigenvalue weighted by Crippen LogP contribution is -2.46. The summed E-state index contributed by atoms with van der Waals surface area (Å²) in [5.74, 6) is 0.0135. The number of carbonyl (C=O) groups is 1. The summed E-state index contributed by atoms with van der Waals surface area (Å²) in [5, 5.41) is 2.66. The van der Waals surface area contributed by atoms with Crippen molar-refractivity contribution < 1.29 is 18.3 Å². The van der Waals surface area contributed by atoms with Crippen LogP contribution in [-0.4, -0.2) is 25.7 Å². The van der Waals surface area contributed by atoms with Gasteiger partial charge in [-0.25, -0.2) is 4.79 Å². The highest BCUT2D eigenvalue weighted by molar-refractivity contribution is 5.94. The summed E-state index contributed by atoms with van der Waals surface area (Å²) < 4.78 is 28.8. The molecular formula is C11H12F2N2O2. The first-order chi connectivity index (χ1) is 8.18. The van der Waals surface area contributed by atoms with Gasteiger partial charge in [0.05, 0.1) is 5.69 Å². The summed E-state index contributed by atoms with van der Waals surface area (Å²) in [6.07, 6.45) is 0.773. The highest BCUT2D eigenvalue weighted by Crippen LogP contribution is 2.30. The largest absolute Gasteiger partial charge is 0.433 e. The summed E-state index contributed by atoms with van der Waals surface area (Å²) in [6, 6.07) is 5.98. The molecule has 6 heteroatoms. The zero-order valence-electron chi connectivity index (χ0n) is 9.03. The fourth-order valence-electron chi connectivity index (χ4n) is 1.74. The minimum Gasteiger partial charge on any atom is -0.433 e. The summed E-state index contributed by atoms with van der Waals surface area (Å²) in [5.41, 5.74) is 0.366. The van der Waals surface area contributed by atoms with E-state index in [0.29, 0.717) is 18.8 Å². The van der Waals surface area contributed by atoms with Gasteiger partial charge in [0.1, 0.15) is 5.75 Å². The van der Waals surface area contributed by atoms with E-state index >= 15 is 0 Å². The number of urea groups is 1. The van der Waals surface area contributed by atoms with E-state index in [-0.39, 0.29) is 11.8 Å². The van der Waals surface area contributed by atoms with Crippen LogP contribution < -0.4 is 15.0 Å². The molecule has 0 aliphatic carbocycles. The third-order valence-electron chi connectivity index (χ3n) is 2.45.